The Balaban J connectivity index is 1.22. The van der Waals surface area contributed by atoms with Crippen molar-refractivity contribution in [3.63, 3.8) is 0 Å². The van der Waals surface area contributed by atoms with Gasteiger partial charge in [-0.25, -0.2) is 4.79 Å². The summed E-state index contributed by atoms with van der Waals surface area (Å²) in [6, 6.07) is 20.8. The lowest BCUT2D eigenvalue weighted by Gasteiger charge is -2.38. The van der Waals surface area contributed by atoms with Crippen LogP contribution >= 0.6 is 0 Å². The molecule has 5 nitrogen and oxygen atoms in total. The van der Waals surface area contributed by atoms with Crippen LogP contribution in [0.1, 0.15) is 132 Å². The fraction of sp³-hybridized carbons (Fsp3) is 0.520. The molecular formula is C50H69N2O3+. The third-order valence-electron chi connectivity index (χ3n) is 12.2. The summed E-state index contributed by atoms with van der Waals surface area (Å²) in [5.74, 6) is 3.81. The molecule has 5 rings (SSSR count). The number of carbonyl (C=O) groups excluding carboxylic acids is 1. The Bertz CT molecular complexity index is 1920. The number of hydrogen-bond acceptors (Lipinski definition) is 4. The minimum absolute atomic E-state index is 0.0971. The average Bonchev–Trinajstić information content (AvgIpc) is 3.15. The van der Waals surface area contributed by atoms with Gasteiger partial charge in [0.1, 0.15) is 17.1 Å². The Kier molecular flexibility index (Phi) is 14.6. The zero-order valence-electron chi connectivity index (χ0n) is 35.8. The van der Waals surface area contributed by atoms with Gasteiger partial charge in [-0.05, 0) is 124 Å². The molecule has 1 aromatic heterocycles. The number of rotatable bonds is 18. The fourth-order valence-electron chi connectivity index (χ4n) is 8.35. The minimum Gasteiger partial charge on any atom is -0.487 e. The Morgan fingerprint density at radius 1 is 0.818 bits per heavy atom. The number of benzene rings is 3. The smallest absolute Gasteiger partial charge is 0.378 e. The first-order valence-electron chi connectivity index (χ1n) is 21.1. The number of hydrogen-bond donors (Lipinski definition) is 0. The summed E-state index contributed by atoms with van der Waals surface area (Å²) in [6.45, 7) is 18.2. The molecule has 0 fully saturated rings. The van der Waals surface area contributed by atoms with Crippen LogP contribution in [-0.4, -0.2) is 25.7 Å². The molecule has 5 heteroatoms. The maximum atomic E-state index is 13.9. The molecule has 0 N–H and O–H groups in total. The Hall–Kier alpha value is -4.12. The molecule has 0 saturated carbocycles. The highest BCUT2D eigenvalue weighted by Gasteiger charge is 2.35. The van der Waals surface area contributed by atoms with Crippen molar-refractivity contribution in [1.29, 1.82) is 0 Å². The second-order valence-electron chi connectivity index (χ2n) is 17.6. The zero-order valence-corrected chi connectivity index (χ0v) is 35.8. The van der Waals surface area contributed by atoms with Crippen LogP contribution in [0.15, 0.2) is 60.7 Å². The molecule has 1 aliphatic heterocycles. The van der Waals surface area contributed by atoms with Gasteiger partial charge in [-0.1, -0.05) is 96.9 Å². The molecule has 0 spiro atoms. The van der Waals surface area contributed by atoms with Crippen LogP contribution in [0.4, 0.5) is 5.69 Å². The SMILES string of the molecule is Cc1c(C)c2c(c(C)c1OC(=O)C[n+]1c(/C=C/c3ccc(N(C)C)cc3)ccc3ccccc31)CCC(C)(CCCC(C)CCCC(C)CCCC(C)C)O2. The van der Waals surface area contributed by atoms with Gasteiger partial charge >= 0.3 is 5.97 Å². The van der Waals surface area contributed by atoms with Crippen molar-refractivity contribution in [2.24, 2.45) is 17.8 Å². The maximum Gasteiger partial charge on any atom is 0.378 e. The third kappa shape index (κ3) is 11.2. The van der Waals surface area contributed by atoms with Crippen LogP contribution in [0.3, 0.4) is 0 Å². The van der Waals surface area contributed by atoms with Crippen molar-refractivity contribution in [1.82, 2.24) is 0 Å². The Morgan fingerprint density at radius 2 is 1.47 bits per heavy atom. The highest BCUT2D eigenvalue weighted by molar-refractivity contribution is 5.79. The molecule has 3 atom stereocenters. The average molecular weight is 746 g/mol. The van der Waals surface area contributed by atoms with E-state index in [0.29, 0.717) is 5.75 Å². The van der Waals surface area contributed by atoms with Gasteiger partial charge in [0.2, 0.25) is 17.8 Å². The molecular weight excluding hydrogens is 677 g/mol. The molecule has 0 saturated heterocycles. The molecule has 3 aromatic carbocycles. The Morgan fingerprint density at radius 3 is 2.15 bits per heavy atom. The quantitative estimate of drug-likeness (QED) is 0.0578. The van der Waals surface area contributed by atoms with Gasteiger partial charge in [0.05, 0.1) is 0 Å². The lowest BCUT2D eigenvalue weighted by Crippen LogP contribution is -2.43. The summed E-state index contributed by atoms with van der Waals surface area (Å²) in [7, 11) is 4.09. The van der Waals surface area contributed by atoms with E-state index in [-0.39, 0.29) is 18.1 Å². The molecule has 296 valence electrons. The summed E-state index contributed by atoms with van der Waals surface area (Å²) in [6.07, 6.45) is 17.7. The molecule has 0 radical (unpaired) electrons. The lowest BCUT2D eigenvalue weighted by atomic mass is 9.83. The van der Waals surface area contributed by atoms with E-state index >= 15 is 0 Å². The van der Waals surface area contributed by atoms with Gasteiger partial charge in [-0.3, -0.25) is 0 Å². The second-order valence-corrected chi connectivity index (χ2v) is 17.6. The number of carbonyl (C=O) groups is 1. The van der Waals surface area contributed by atoms with Gasteiger partial charge in [-0.15, -0.1) is 0 Å². The first-order chi connectivity index (χ1) is 26.2. The van der Waals surface area contributed by atoms with Crippen LogP contribution in [0.2, 0.25) is 0 Å². The third-order valence-corrected chi connectivity index (χ3v) is 12.2. The standard InChI is InChI=1S/C50H69N2O3/c1-35(2)16-13-17-36(3)18-14-19-37(4)20-15-32-50(8)33-31-45-40(7)48(38(5)39(6)49(45)55-50)54-47(53)34-52-44(30-26-42-21-11-12-22-46(42)52)29-25-41-23-27-43(28-24-41)51(9)10/h11-12,21-30,35-37H,13-20,31-34H2,1-10H3/q+1. The highest BCUT2D eigenvalue weighted by atomic mass is 16.5. The van der Waals surface area contributed by atoms with Crippen LogP contribution in [0.25, 0.3) is 23.1 Å². The normalized spacial score (nSPS) is 16.6. The van der Waals surface area contributed by atoms with E-state index in [2.05, 4.69) is 126 Å². The van der Waals surface area contributed by atoms with Crippen molar-refractivity contribution in [3.8, 4) is 11.5 Å². The number of fused-ring (bicyclic) bond motifs is 2. The topological polar surface area (TPSA) is 42.7 Å². The number of aromatic nitrogens is 1. The molecule has 2 heterocycles. The zero-order chi connectivity index (χ0) is 39.7. The molecule has 0 bridgehead atoms. The molecule has 0 amide bonds. The number of nitrogens with zero attached hydrogens (tertiary/aromatic N) is 2. The summed E-state index contributed by atoms with van der Waals surface area (Å²) < 4.78 is 15.3. The molecule has 3 unspecified atom stereocenters. The number of anilines is 1. The monoisotopic (exact) mass is 746 g/mol. The van der Waals surface area contributed by atoms with Crippen molar-refractivity contribution in [3.05, 3.63) is 94.2 Å². The lowest BCUT2D eigenvalue weighted by molar-refractivity contribution is -0.661. The van der Waals surface area contributed by atoms with E-state index < -0.39 is 0 Å². The van der Waals surface area contributed by atoms with Crippen LogP contribution < -0.4 is 18.9 Å². The van der Waals surface area contributed by atoms with Crippen molar-refractivity contribution in [2.45, 2.75) is 138 Å². The van der Waals surface area contributed by atoms with E-state index in [1.54, 1.807) is 0 Å². The van der Waals surface area contributed by atoms with Crippen LogP contribution in [-0.2, 0) is 17.8 Å². The highest BCUT2D eigenvalue weighted by Crippen LogP contribution is 2.45. The molecule has 55 heavy (non-hydrogen) atoms. The van der Waals surface area contributed by atoms with Crippen molar-refractivity contribution in [2.75, 3.05) is 19.0 Å². The van der Waals surface area contributed by atoms with E-state index in [4.69, 9.17) is 9.47 Å². The first kappa shape index (κ1) is 42.0. The van der Waals surface area contributed by atoms with Gasteiger partial charge in [0, 0.05) is 48.9 Å². The van der Waals surface area contributed by atoms with Gasteiger partial charge in [-0.2, -0.15) is 4.57 Å². The molecule has 1 aliphatic rings. The summed E-state index contributed by atoms with van der Waals surface area (Å²) in [5.41, 5.74) is 8.25. The number of ether oxygens (including phenoxy) is 2. The summed E-state index contributed by atoms with van der Waals surface area (Å²) in [5, 5.41) is 1.08. The van der Waals surface area contributed by atoms with Gasteiger partial charge in [0.15, 0.2) is 0 Å². The predicted molar refractivity (Wildman–Crippen MR) is 232 cm³/mol. The minimum atomic E-state index is -0.284. The van der Waals surface area contributed by atoms with Gasteiger partial charge < -0.3 is 14.4 Å². The maximum absolute atomic E-state index is 13.9. The largest absolute Gasteiger partial charge is 0.487 e. The van der Waals surface area contributed by atoms with Crippen molar-refractivity contribution >= 4 is 34.7 Å². The Labute approximate surface area is 333 Å². The van der Waals surface area contributed by atoms with E-state index in [1.807, 2.05) is 26.2 Å². The summed E-state index contributed by atoms with van der Waals surface area (Å²) >= 11 is 0. The number of pyridine rings is 1. The molecule has 0 aliphatic carbocycles. The van der Waals surface area contributed by atoms with E-state index in [1.165, 1.54) is 56.9 Å². The van der Waals surface area contributed by atoms with Gasteiger partial charge in [0.25, 0.3) is 0 Å². The van der Waals surface area contributed by atoms with Crippen LogP contribution in [0, 0.1) is 38.5 Å². The van der Waals surface area contributed by atoms with Crippen molar-refractivity contribution < 1.29 is 18.8 Å². The van der Waals surface area contributed by atoms with E-state index in [0.717, 1.165) is 87.3 Å². The van der Waals surface area contributed by atoms with Crippen LogP contribution in [0.5, 0.6) is 11.5 Å². The predicted octanol–water partition coefficient (Wildman–Crippen LogP) is 12.4. The summed E-state index contributed by atoms with van der Waals surface area (Å²) in [4.78, 5) is 16.0. The second kappa shape index (κ2) is 19.2. The number of esters is 1. The number of para-hydroxylation sites is 1. The van der Waals surface area contributed by atoms with E-state index in [9.17, 15) is 4.79 Å². The fourth-order valence-corrected chi connectivity index (χ4v) is 8.35. The molecule has 4 aromatic rings. The first-order valence-corrected chi connectivity index (χ1v) is 21.1.